The Balaban J connectivity index is 0.00000162. The number of rotatable bonds is 5. The number of aryl methyl sites for hydroxylation is 2. The molecule has 0 fully saturated rings. The van der Waals surface area contributed by atoms with Crippen LogP contribution in [0.15, 0.2) is 18.5 Å². The molecule has 5 nitrogen and oxygen atoms in total. The fourth-order valence-electron chi connectivity index (χ4n) is 1.80. The molecule has 0 saturated carbocycles. The second kappa shape index (κ2) is 6.44. The first-order valence-corrected chi connectivity index (χ1v) is 6.03. The number of anilines is 1. The van der Waals surface area contributed by atoms with Gasteiger partial charge in [-0.1, -0.05) is 0 Å². The predicted octanol–water partition coefficient (Wildman–Crippen LogP) is 2.46. The molecule has 0 bridgehead atoms. The molecule has 0 unspecified atom stereocenters. The van der Waals surface area contributed by atoms with Gasteiger partial charge in [0, 0.05) is 19.3 Å². The summed E-state index contributed by atoms with van der Waals surface area (Å²) in [4.78, 5) is 0. The molecule has 0 aliphatic rings. The van der Waals surface area contributed by atoms with Crippen LogP contribution in [0.5, 0.6) is 0 Å². The molecule has 2 rings (SSSR count). The van der Waals surface area contributed by atoms with Gasteiger partial charge in [0.2, 0.25) is 0 Å². The Bertz CT molecular complexity index is 488. The molecule has 0 amide bonds. The van der Waals surface area contributed by atoms with Gasteiger partial charge in [-0.05, 0) is 26.8 Å². The first-order valence-electron chi connectivity index (χ1n) is 6.03. The summed E-state index contributed by atoms with van der Waals surface area (Å²) in [5, 5.41) is 12.1. The summed E-state index contributed by atoms with van der Waals surface area (Å²) in [6.07, 6.45) is 3.87. The van der Waals surface area contributed by atoms with E-state index in [0.717, 1.165) is 31.0 Å². The van der Waals surface area contributed by atoms with Crippen LogP contribution in [0.25, 0.3) is 0 Å². The van der Waals surface area contributed by atoms with E-state index >= 15 is 0 Å². The van der Waals surface area contributed by atoms with E-state index in [2.05, 4.69) is 36.3 Å². The van der Waals surface area contributed by atoms with Gasteiger partial charge in [0.1, 0.15) is 0 Å². The molecule has 0 saturated heterocycles. The van der Waals surface area contributed by atoms with Gasteiger partial charge >= 0.3 is 0 Å². The maximum atomic E-state index is 4.43. The number of nitrogens with one attached hydrogen (secondary N) is 1. The van der Waals surface area contributed by atoms with Crippen molar-refractivity contribution in [3.8, 4) is 0 Å². The van der Waals surface area contributed by atoms with Crippen LogP contribution in [0.4, 0.5) is 5.69 Å². The number of hydrogen-bond donors (Lipinski definition) is 1. The number of halogens is 1. The van der Waals surface area contributed by atoms with Crippen molar-refractivity contribution in [2.75, 3.05) is 5.32 Å². The largest absolute Gasteiger partial charge is 0.377 e. The number of nitrogens with zero attached hydrogens (tertiary/aromatic N) is 4. The van der Waals surface area contributed by atoms with Crippen molar-refractivity contribution in [3.05, 3.63) is 29.8 Å². The Kier molecular flexibility index (Phi) is 5.22. The summed E-state index contributed by atoms with van der Waals surface area (Å²) in [5.74, 6) is 0. The topological polar surface area (TPSA) is 47.7 Å². The highest BCUT2D eigenvalue weighted by atomic mass is 35.5. The van der Waals surface area contributed by atoms with Gasteiger partial charge in [-0.15, -0.1) is 12.4 Å². The lowest BCUT2D eigenvalue weighted by Crippen LogP contribution is -2.04. The van der Waals surface area contributed by atoms with Gasteiger partial charge in [0.15, 0.2) is 0 Å². The van der Waals surface area contributed by atoms with Gasteiger partial charge in [-0.25, -0.2) is 0 Å². The fraction of sp³-hybridized carbons (Fsp3) is 0.500. The van der Waals surface area contributed by atoms with Crippen LogP contribution in [-0.4, -0.2) is 19.6 Å². The van der Waals surface area contributed by atoms with Crippen molar-refractivity contribution in [2.45, 2.75) is 40.4 Å². The lowest BCUT2D eigenvalue weighted by molar-refractivity contribution is 0.639. The molecule has 0 radical (unpaired) electrons. The molecule has 0 atom stereocenters. The molecular weight excluding hydrogens is 250 g/mol. The van der Waals surface area contributed by atoms with E-state index in [4.69, 9.17) is 0 Å². The van der Waals surface area contributed by atoms with Crippen molar-refractivity contribution in [2.24, 2.45) is 0 Å². The van der Waals surface area contributed by atoms with Crippen LogP contribution < -0.4 is 5.32 Å². The number of hydrogen-bond acceptors (Lipinski definition) is 3. The second-order valence-electron chi connectivity index (χ2n) is 3.98. The SMILES string of the molecule is CCn1ccc(CNc2cnn(CC)c2C)n1.Cl. The summed E-state index contributed by atoms with van der Waals surface area (Å²) in [7, 11) is 0. The van der Waals surface area contributed by atoms with Gasteiger partial charge in [0.05, 0.1) is 29.8 Å². The predicted molar refractivity (Wildman–Crippen MR) is 75.1 cm³/mol. The van der Waals surface area contributed by atoms with Gasteiger partial charge in [-0.2, -0.15) is 10.2 Å². The van der Waals surface area contributed by atoms with Crippen molar-refractivity contribution in [1.82, 2.24) is 19.6 Å². The summed E-state index contributed by atoms with van der Waals surface area (Å²) in [5.41, 5.74) is 3.30. The first-order chi connectivity index (χ1) is 8.24. The van der Waals surface area contributed by atoms with Crippen molar-refractivity contribution < 1.29 is 0 Å². The lowest BCUT2D eigenvalue weighted by atomic mass is 10.3. The highest BCUT2D eigenvalue weighted by Gasteiger charge is 2.05. The Hall–Kier alpha value is -1.49. The van der Waals surface area contributed by atoms with Gasteiger partial charge in [-0.3, -0.25) is 9.36 Å². The monoisotopic (exact) mass is 269 g/mol. The summed E-state index contributed by atoms with van der Waals surface area (Å²) in [6.45, 7) is 8.80. The van der Waals surface area contributed by atoms with Gasteiger partial charge < -0.3 is 5.32 Å². The van der Waals surface area contributed by atoms with Gasteiger partial charge in [0.25, 0.3) is 0 Å². The van der Waals surface area contributed by atoms with Crippen LogP contribution in [-0.2, 0) is 19.6 Å². The second-order valence-corrected chi connectivity index (χ2v) is 3.98. The zero-order chi connectivity index (χ0) is 12.3. The molecule has 0 spiro atoms. The van der Waals surface area contributed by atoms with Crippen LogP contribution in [0.1, 0.15) is 25.2 Å². The Labute approximate surface area is 114 Å². The van der Waals surface area contributed by atoms with Crippen LogP contribution >= 0.6 is 12.4 Å². The van der Waals surface area contributed by atoms with Crippen molar-refractivity contribution >= 4 is 18.1 Å². The van der Waals surface area contributed by atoms with E-state index in [1.807, 2.05) is 27.8 Å². The zero-order valence-electron chi connectivity index (χ0n) is 11.1. The molecule has 2 aromatic rings. The normalized spacial score (nSPS) is 10.2. The first kappa shape index (κ1) is 14.6. The van der Waals surface area contributed by atoms with E-state index in [-0.39, 0.29) is 12.4 Å². The number of aromatic nitrogens is 4. The molecule has 2 heterocycles. The van der Waals surface area contributed by atoms with E-state index in [0.29, 0.717) is 0 Å². The molecule has 0 aromatic carbocycles. The quantitative estimate of drug-likeness (QED) is 0.907. The molecule has 2 aromatic heterocycles. The van der Waals surface area contributed by atoms with Crippen LogP contribution in [0.2, 0.25) is 0 Å². The average molecular weight is 270 g/mol. The minimum atomic E-state index is 0. The molecular formula is C12H20ClN5. The lowest BCUT2D eigenvalue weighted by Gasteiger charge is -2.04. The third-order valence-corrected chi connectivity index (χ3v) is 2.88. The van der Waals surface area contributed by atoms with Crippen LogP contribution in [0, 0.1) is 6.92 Å². The van der Waals surface area contributed by atoms with E-state index in [1.54, 1.807) is 0 Å². The average Bonchev–Trinajstić information content (AvgIpc) is 2.93. The highest BCUT2D eigenvalue weighted by molar-refractivity contribution is 5.85. The smallest absolute Gasteiger partial charge is 0.0815 e. The Morgan fingerprint density at radius 3 is 2.61 bits per heavy atom. The van der Waals surface area contributed by atoms with E-state index < -0.39 is 0 Å². The Morgan fingerprint density at radius 1 is 1.28 bits per heavy atom. The molecule has 100 valence electrons. The summed E-state index contributed by atoms with van der Waals surface area (Å²) in [6, 6.07) is 2.04. The third kappa shape index (κ3) is 3.04. The summed E-state index contributed by atoms with van der Waals surface area (Å²) >= 11 is 0. The minimum absolute atomic E-state index is 0. The molecule has 0 aliphatic heterocycles. The fourth-order valence-corrected chi connectivity index (χ4v) is 1.80. The van der Waals surface area contributed by atoms with Crippen molar-refractivity contribution in [1.29, 1.82) is 0 Å². The molecule has 18 heavy (non-hydrogen) atoms. The van der Waals surface area contributed by atoms with Crippen molar-refractivity contribution in [3.63, 3.8) is 0 Å². The molecule has 1 N–H and O–H groups in total. The minimum Gasteiger partial charge on any atom is -0.377 e. The summed E-state index contributed by atoms with van der Waals surface area (Å²) < 4.78 is 3.91. The molecule has 6 heteroatoms. The zero-order valence-corrected chi connectivity index (χ0v) is 11.9. The highest BCUT2D eigenvalue weighted by Crippen LogP contribution is 2.14. The third-order valence-electron chi connectivity index (χ3n) is 2.88. The van der Waals surface area contributed by atoms with E-state index in [9.17, 15) is 0 Å². The standard InChI is InChI=1S/C12H19N5.ClH/c1-4-16-7-6-11(15-16)8-13-12-9-14-17(5-2)10(12)3;/h6-7,9,13H,4-5,8H2,1-3H3;1H. The maximum Gasteiger partial charge on any atom is 0.0815 e. The molecule has 0 aliphatic carbocycles. The Morgan fingerprint density at radius 2 is 2.06 bits per heavy atom. The maximum absolute atomic E-state index is 4.43. The van der Waals surface area contributed by atoms with Crippen LogP contribution in [0.3, 0.4) is 0 Å². The van der Waals surface area contributed by atoms with E-state index in [1.165, 1.54) is 5.69 Å².